The fraction of sp³-hybridized carbons (Fsp3) is 0.111. The van der Waals surface area contributed by atoms with Crippen molar-refractivity contribution in [1.82, 2.24) is 14.9 Å². The number of nitrogens with two attached hydrogens (primary N) is 1. The second-order valence-electron chi connectivity index (χ2n) is 5.54. The van der Waals surface area contributed by atoms with E-state index in [1.807, 2.05) is 0 Å². The summed E-state index contributed by atoms with van der Waals surface area (Å²) in [7, 11) is 0. The second kappa shape index (κ2) is 8.24. The van der Waals surface area contributed by atoms with Crippen LogP contribution in [0.4, 0.5) is 0 Å². The summed E-state index contributed by atoms with van der Waals surface area (Å²) in [5.41, 5.74) is 5.72. The van der Waals surface area contributed by atoms with Crippen LogP contribution in [0.2, 0.25) is 5.02 Å². The van der Waals surface area contributed by atoms with Crippen LogP contribution < -0.4 is 16.6 Å². The average Bonchev–Trinajstić information content (AvgIpc) is 2.66. The third kappa shape index (κ3) is 4.29. The van der Waals surface area contributed by atoms with Gasteiger partial charge in [0.1, 0.15) is 0 Å². The molecule has 0 aliphatic carbocycles. The van der Waals surface area contributed by atoms with Crippen LogP contribution in [0.3, 0.4) is 0 Å². The van der Waals surface area contributed by atoms with Crippen LogP contribution in [-0.2, 0) is 9.59 Å². The fourth-order valence-corrected chi connectivity index (χ4v) is 3.48. The van der Waals surface area contributed by atoms with E-state index < -0.39 is 11.8 Å². The van der Waals surface area contributed by atoms with Gasteiger partial charge < -0.3 is 11.1 Å². The van der Waals surface area contributed by atoms with Gasteiger partial charge in [0.05, 0.1) is 33.9 Å². The summed E-state index contributed by atoms with van der Waals surface area (Å²) in [4.78, 5) is 40.2. The van der Waals surface area contributed by atoms with Crippen molar-refractivity contribution in [3.8, 4) is 5.69 Å². The van der Waals surface area contributed by atoms with E-state index in [1.165, 1.54) is 4.57 Å². The smallest absolute Gasteiger partial charge is 0.266 e. The number of carbonyl (C=O) groups excluding carboxylic acids is 2. The van der Waals surface area contributed by atoms with Crippen LogP contribution >= 0.6 is 23.4 Å². The number of fused-ring (bicyclic) bond motifs is 1. The predicted octanol–water partition coefficient (Wildman–Crippen LogP) is 1.73. The van der Waals surface area contributed by atoms with Crippen molar-refractivity contribution in [2.45, 2.75) is 5.16 Å². The molecule has 3 N–H and O–H groups in total. The summed E-state index contributed by atoms with van der Waals surface area (Å²) < 4.78 is 1.39. The molecule has 0 aliphatic heterocycles. The van der Waals surface area contributed by atoms with Crippen LogP contribution in [0.15, 0.2) is 58.5 Å². The maximum Gasteiger partial charge on any atom is 0.266 e. The van der Waals surface area contributed by atoms with E-state index in [9.17, 15) is 14.4 Å². The lowest BCUT2D eigenvalue weighted by Crippen LogP contribution is -2.34. The van der Waals surface area contributed by atoms with Gasteiger partial charge in [-0.05, 0) is 24.3 Å². The first-order valence-corrected chi connectivity index (χ1v) is 9.28. The highest BCUT2D eigenvalue weighted by Gasteiger charge is 2.16. The molecule has 1 heterocycles. The molecule has 138 valence electrons. The number of aromatic nitrogens is 2. The van der Waals surface area contributed by atoms with Crippen molar-refractivity contribution in [2.24, 2.45) is 5.73 Å². The summed E-state index contributed by atoms with van der Waals surface area (Å²) >= 11 is 7.34. The number of primary amides is 1. The molecule has 0 unspecified atom stereocenters. The molecule has 0 fully saturated rings. The van der Waals surface area contributed by atoms with Gasteiger partial charge in [-0.3, -0.25) is 19.0 Å². The Balaban J connectivity index is 2.04. The predicted molar refractivity (Wildman–Crippen MR) is 105 cm³/mol. The van der Waals surface area contributed by atoms with E-state index in [-0.39, 0.29) is 17.9 Å². The Morgan fingerprint density at radius 3 is 2.59 bits per heavy atom. The van der Waals surface area contributed by atoms with E-state index in [2.05, 4.69) is 10.3 Å². The zero-order valence-electron chi connectivity index (χ0n) is 14.0. The number of rotatable bonds is 6. The minimum absolute atomic E-state index is 0.0392. The summed E-state index contributed by atoms with van der Waals surface area (Å²) in [5.74, 6) is -1.07. The van der Waals surface area contributed by atoms with Crippen LogP contribution in [0.5, 0.6) is 0 Å². The normalized spacial score (nSPS) is 10.7. The van der Waals surface area contributed by atoms with Gasteiger partial charge in [-0.25, -0.2) is 4.98 Å². The molecule has 0 radical (unpaired) electrons. The number of amides is 2. The minimum atomic E-state index is -0.634. The maximum atomic E-state index is 13.1. The SMILES string of the molecule is NC(=O)CNC(=O)CSc1nc2ccccc2c(=O)n1-c1ccccc1Cl. The Hall–Kier alpha value is -2.84. The molecular formula is C18H15ClN4O3S. The first kappa shape index (κ1) is 18.9. The van der Waals surface area contributed by atoms with Crippen LogP contribution in [0.1, 0.15) is 0 Å². The Labute approximate surface area is 163 Å². The lowest BCUT2D eigenvalue weighted by atomic mass is 10.2. The molecule has 0 atom stereocenters. The van der Waals surface area contributed by atoms with Crippen molar-refractivity contribution in [3.63, 3.8) is 0 Å². The highest BCUT2D eigenvalue weighted by Crippen LogP contribution is 2.25. The first-order valence-electron chi connectivity index (χ1n) is 7.92. The largest absolute Gasteiger partial charge is 0.368 e. The Bertz CT molecular complexity index is 1080. The number of halogens is 1. The summed E-state index contributed by atoms with van der Waals surface area (Å²) in [6.45, 7) is -0.248. The zero-order chi connectivity index (χ0) is 19.4. The third-order valence-corrected chi connectivity index (χ3v) is 4.89. The van der Waals surface area contributed by atoms with Crippen molar-refractivity contribution < 1.29 is 9.59 Å². The second-order valence-corrected chi connectivity index (χ2v) is 6.88. The molecule has 0 saturated carbocycles. The molecule has 1 aromatic heterocycles. The Kier molecular flexibility index (Phi) is 5.78. The quantitative estimate of drug-likeness (QED) is 0.482. The van der Waals surface area contributed by atoms with Crippen LogP contribution in [0.25, 0.3) is 16.6 Å². The number of para-hydroxylation sites is 2. The molecule has 0 spiro atoms. The number of nitrogens with one attached hydrogen (secondary N) is 1. The van der Waals surface area contributed by atoms with E-state index in [0.717, 1.165) is 11.8 Å². The molecule has 3 rings (SSSR count). The van der Waals surface area contributed by atoms with Gasteiger partial charge in [0, 0.05) is 0 Å². The van der Waals surface area contributed by atoms with Crippen LogP contribution in [-0.4, -0.2) is 33.7 Å². The van der Waals surface area contributed by atoms with Gasteiger partial charge in [-0.2, -0.15) is 0 Å². The number of carbonyl (C=O) groups is 2. The highest BCUT2D eigenvalue weighted by molar-refractivity contribution is 7.99. The number of hydrogen-bond donors (Lipinski definition) is 2. The molecule has 2 aromatic carbocycles. The molecular weight excluding hydrogens is 388 g/mol. The van der Waals surface area contributed by atoms with Gasteiger partial charge in [0.15, 0.2) is 5.16 Å². The molecule has 3 aromatic rings. The summed E-state index contributed by atoms with van der Waals surface area (Å²) in [6.07, 6.45) is 0. The lowest BCUT2D eigenvalue weighted by molar-refractivity contribution is -0.123. The van der Waals surface area contributed by atoms with Gasteiger partial charge in [-0.15, -0.1) is 0 Å². The van der Waals surface area contributed by atoms with E-state index in [4.69, 9.17) is 17.3 Å². The van der Waals surface area contributed by atoms with E-state index in [0.29, 0.717) is 26.8 Å². The van der Waals surface area contributed by atoms with Gasteiger partial charge in [0.2, 0.25) is 11.8 Å². The number of thioether (sulfide) groups is 1. The molecule has 9 heteroatoms. The monoisotopic (exact) mass is 402 g/mol. The lowest BCUT2D eigenvalue weighted by Gasteiger charge is -2.14. The summed E-state index contributed by atoms with van der Waals surface area (Å²) in [5, 5.41) is 3.55. The number of nitrogens with zero attached hydrogens (tertiary/aromatic N) is 2. The molecule has 27 heavy (non-hydrogen) atoms. The van der Waals surface area contributed by atoms with E-state index >= 15 is 0 Å². The Morgan fingerprint density at radius 1 is 1.15 bits per heavy atom. The molecule has 0 bridgehead atoms. The van der Waals surface area contributed by atoms with Crippen molar-refractivity contribution in [2.75, 3.05) is 12.3 Å². The number of benzene rings is 2. The van der Waals surface area contributed by atoms with Crippen LogP contribution in [0, 0.1) is 0 Å². The molecule has 7 nitrogen and oxygen atoms in total. The summed E-state index contributed by atoms with van der Waals surface area (Å²) in [6, 6.07) is 13.8. The fourth-order valence-electron chi connectivity index (χ4n) is 2.42. The standard InChI is InChI=1S/C18H15ClN4O3S/c19-12-6-2-4-8-14(12)23-17(26)11-5-1-3-7-13(11)22-18(23)27-10-16(25)21-9-15(20)24/h1-8H,9-10H2,(H2,20,24)(H,21,25). The third-order valence-electron chi connectivity index (χ3n) is 3.63. The van der Waals surface area contributed by atoms with Gasteiger partial charge >= 0.3 is 0 Å². The highest BCUT2D eigenvalue weighted by atomic mass is 35.5. The van der Waals surface area contributed by atoms with E-state index in [1.54, 1.807) is 48.5 Å². The Morgan fingerprint density at radius 2 is 1.85 bits per heavy atom. The molecule has 0 aliphatic rings. The zero-order valence-corrected chi connectivity index (χ0v) is 15.6. The molecule has 2 amide bonds. The van der Waals surface area contributed by atoms with Crippen molar-refractivity contribution in [1.29, 1.82) is 0 Å². The minimum Gasteiger partial charge on any atom is -0.368 e. The number of hydrogen-bond acceptors (Lipinski definition) is 5. The van der Waals surface area contributed by atoms with Crippen molar-refractivity contribution in [3.05, 3.63) is 63.9 Å². The maximum absolute atomic E-state index is 13.1. The average molecular weight is 403 g/mol. The van der Waals surface area contributed by atoms with Gasteiger partial charge in [-0.1, -0.05) is 47.6 Å². The van der Waals surface area contributed by atoms with Gasteiger partial charge in [0.25, 0.3) is 5.56 Å². The first-order chi connectivity index (χ1) is 13.0. The van der Waals surface area contributed by atoms with Crippen molar-refractivity contribution >= 4 is 46.1 Å². The topological polar surface area (TPSA) is 107 Å². The molecule has 0 saturated heterocycles.